The quantitative estimate of drug-likeness (QED) is 0.205. The maximum absolute atomic E-state index is 12.3. The minimum absolute atomic E-state index is 0. The van der Waals surface area contributed by atoms with Crippen LogP contribution in [0.1, 0.15) is 61.3 Å². The van der Waals surface area contributed by atoms with Crippen molar-refractivity contribution < 1.29 is 23.9 Å². The molecule has 0 saturated carbocycles. The number of alkyl carbamates (subject to hydrolysis) is 1. The summed E-state index contributed by atoms with van der Waals surface area (Å²) in [4.78, 5) is 29.1. The van der Waals surface area contributed by atoms with E-state index in [0.29, 0.717) is 26.0 Å². The van der Waals surface area contributed by atoms with Gasteiger partial charge in [-0.05, 0) is 61.3 Å². The lowest BCUT2D eigenvalue weighted by Gasteiger charge is -2.26. The van der Waals surface area contributed by atoms with Gasteiger partial charge < -0.3 is 24.9 Å². The molecule has 0 radical (unpaired) electrons. The third-order valence-electron chi connectivity index (χ3n) is 2.54. The second-order valence-electron chi connectivity index (χ2n) is 7.48. The topological polar surface area (TPSA) is 98.3 Å². The van der Waals surface area contributed by atoms with Gasteiger partial charge in [0.2, 0.25) is 0 Å². The summed E-state index contributed by atoms with van der Waals surface area (Å²) in [7, 11) is 0. The Bertz CT molecular complexity index is 445. The molecular formula is C17H34ClN3O5. The highest BCUT2D eigenvalue weighted by molar-refractivity contribution is 5.85. The number of esters is 1. The number of carbonyl (C=O) groups excluding carboxylic acids is 2. The maximum Gasteiger partial charge on any atom is 0.408 e. The molecule has 0 aromatic heterocycles. The van der Waals surface area contributed by atoms with Crippen molar-refractivity contribution in [3.05, 3.63) is 0 Å². The Morgan fingerprint density at radius 1 is 1.08 bits per heavy atom. The minimum atomic E-state index is -0.778. The Labute approximate surface area is 162 Å². The molecule has 0 spiro atoms. The van der Waals surface area contributed by atoms with E-state index in [2.05, 4.69) is 15.8 Å². The molecule has 8 nitrogen and oxygen atoms in total. The summed E-state index contributed by atoms with van der Waals surface area (Å²) in [5.74, 6) is -0.485. The molecule has 1 atom stereocenters. The summed E-state index contributed by atoms with van der Waals surface area (Å²) in [5, 5.41) is 9.19. The number of hydrogen-bond acceptors (Lipinski definition) is 6. The first-order valence-electron chi connectivity index (χ1n) is 8.54. The Morgan fingerprint density at radius 3 is 2.15 bits per heavy atom. The standard InChI is InChI=1S/C17H33N3O5.ClH/c1-8-23-19-12-18-11-9-10-13(14(21)24-16(2,3)4)20-15(22)25-17(5,6)7;/h12-13H,8-11H2,1-7H3,(H,18,19)(H,20,22);1H/t13-;/m0./s1. The van der Waals surface area contributed by atoms with Crippen molar-refractivity contribution in [2.24, 2.45) is 5.16 Å². The molecule has 0 rings (SSSR count). The number of rotatable bonds is 9. The van der Waals surface area contributed by atoms with Crippen LogP contribution in [0.2, 0.25) is 0 Å². The zero-order valence-corrected chi connectivity index (χ0v) is 17.7. The molecule has 0 aromatic carbocycles. The molecule has 0 fully saturated rings. The van der Waals surface area contributed by atoms with Crippen LogP contribution in [0, 0.1) is 0 Å². The zero-order valence-electron chi connectivity index (χ0n) is 16.9. The summed E-state index contributed by atoms with van der Waals surface area (Å²) in [5.41, 5.74) is -1.27. The molecule has 0 aliphatic carbocycles. The van der Waals surface area contributed by atoms with Gasteiger partial charge in [-0.3, -0.25) is 0 Å². The lowest BCUT2D eigenvalue weighted by Crippen LogP contribution is -2.46. The summed E-state index contributed by atoms with van der Waals surface area (Å²) < 4.78 is 10.6. The van der Waals surface area contributed by atoms with Crippen molar-refractivity contribution >= 4 is 30.8 Å². The highest BCUT2D eigenvalue weighted by atomic mass is 35.5. The fraction of sp³-hybridized carbons (Fsp3) is 0.824. The third kappa shape index (κ3) is 15.8. The lowest BCUT2D eigenvalue weighted by atomic mass is 10.1. The maximum atomic E-state index is 12.3. The van der Waals surface area contributed by atoms with Crippen LogP contribution in [0.4, 0.5) is 4.79 Å². The van der Waals surface area contributed by atoms with E-state index in [1.165, 1.54) is 6.34 Å². The number of oxime groups is 1. The Hall–Kier alpha value is -1.70. The first-order chi connectivity index (χ1) is 11.4. The SMILES string of the molecule is CCO/N=C/NCCC[C@H](NC(=O)OC(C)(C)C)C(=O)OC(C)(C)C.Cl. The van der Waals surface area contributed by atoms with E-state index < -0.39 is 29.3 Å². The molecule has 0 bridgehead atoms. The van der Waals surface area contributed by atoms with Gasteiger partial charge in [0.1, 0.15) is 30.2 Å². The fourth-order valence-corrected chi connectivity index (χ4v) is 1.69. The van der Waals surface area contributed by atoms with Gasteiger partial charge in [0, 0.05) is 6.54 Å². The summed E-state index contributed by atoms with van der Waals surface area (Å²) in [6.45, 7) is 13.5. The van der Waals surface area contributed by atoms with E-state index >= 15 is 0 Å². The summed E-state index contributed by atoms with van der Waals surface area (Å²) >= 11 is 0. The molecule has 154 valence electrons. The van der Waals surface area contributed by atoms with Crippen molar-refractivity contribution in [1.29, 1.82) is 0 Å². The molecule has 9 heteroatoms. The highest BCUT2D eigenvalue weighted by Crippen LogP contribution is 2.12. The molecule has 26 heavy (non-hydrogen) atoms. The Morgan fingerprint density at radius 2 is 1.65 bits per heavy atom. The van der Waals surface area contributed by atoms with Gasteiger partial charge in [-0.25, -0.2) is 9.59 Å². The van der Waals surface area contributed by atoms with Crippen molar-refractivity contribution in [2.75, 3.05) is 13.2 Å². The van der Waals surface area contributed by atoms with Crippen molar-refractivity contribution in [3.63, 3.8) is 0 Å². The average Bonchev–Trinajstić information content (AvgIpc) is 2.41. The van der Waals surface area contributed by atoms with Gasteiger partial charge in [0.05, 0.1) is 0 Å². The van der Waals surface area contributed by atoms with Crippen LogP contribution in [0.5, 0.6) is 0 Å². The van der Waals surface area contributed by atoms with Crippen LogP contribution >= 0.6 is 12.4 Å². The van der Waals surface area contributed by atoms with Crippen molar-refractivity contribution in [1.82, 2.24) is 10.6 Å². The first-order valence-corrected chi connectivity index (χ1v) is 8.54. The third-order valence-corrected chi connectivity index (χ3v) is 2.54. The van der Waals surface area contributed by atoms with Gasteiger partial charge in [-0.1, -0.05) is 5.16 Å². The molecule has 0 aromatic rings. The van der Waals surface area contributed by atoms with Gasteiger partial charge in [-0.2, -0.15) is 0 Å². The van der Waals surface area contributed by atoms with Gasteiger partial charge >= 0.3 is 12.1 Å². The predicted octanol–water partition coefficient (Wildman–Crippen LogP) is 2.99. The van der Waals surface area contributed by atoms with Crippen molar-refractivity contribution in [2.45, 2.75) is 78.6 Å². The van der Waals surface area contributed by atoms with Crippen LogP contribution in [-0.4, -0.2) is 48.8 Å². The van der Waals surface area contributed by atoms with Crippen LogP contribution in [-0.2, 0) is 19.1 Å². The molecule has 0 heterocycles. The van der Waals surface area contributed by atoms with E-state index in [0.717, 1.165) is 0 Å². The van der Waals surface area contributed by atoms with E-state index in [1.807, 2.05) is 6.92 Å². The monoisotopic (exact) mass is 395 g/mol. The largest absolute Gasteiger partial charge is 0.458 e. The van der Waals surface area contributed by atoms with Crippen molar-refractivity contribution in [3.8, 4) is 0 Å². The molecular weight excluding hydrogens is 362 g/mol. The Balaban J connectivity index is 0. The summed E-state index contributed by atoms with van der Waals surface area (Å²) in [6.07, 6.45) is 1.84. The number of halogens is 1. The zero-order chi connectivity index (χ0) is 19.5. The number of hydrogen-bond donors (Lipinski definition) is 2. The smallest absolute Gasteiger partial charge is 0.408 e. The van der Waals surface area contributed by atoms with E-state index in [9.17, 15) is 9.59 Å². The fourth-order valence-electron chi connectivity index (χ4n) is 1.69. The predicted molar refractivity (Wildman–Crippen MR) is 104 cm³/mol. The molecule has 0 saturated heterocycles. The average molecular weight is 396 g/mol. The van der Waals surface area contributed by atoms with Gasteiger partial charge in [0.25, 0.3) is 0 Å². The van der Waals surface area contributed by atoms with Crippen LogP contribution < -0.4 is 10.6 Å². The molecule has 0 aliphatic rings. The van der Waals surface area contributed by atoms with Crippen LogP contribution in [0.3, 0.4) is 0 Å². The number of nitrogens with zero attached hydrogens (tertiary/aromatic N) is 1. The van der Waals surface area contributed by atoms with E-state index in [1.54, 1.807) is 41.5 Å². The van der Waals surface area contributed by atoms with Crippen LogP contribution in [0.15, 0.2) is 5.16 Å². The number of amides is 1. The second-order valence-corrected chi connectivity index (χ2v) is 7.48. The molecule has 0 aliphatic heterocycles. The van der Waals surface area contributed by atoms with Gasteiger partial charge in [-0.15, -0.1) is 12.4 Å². The molecule has 2 N–H and O–H groups in total. The number of carbonyl (C=O) groups is 2. The van der Waals surface area contributed by atoms with E-state index in [-0.39, 0.29) is 12.4 Å². The Kier molecular flexibility index (Phi) is 12.9. The number of nitrogens with one attached hydrogen (secondary N) is 2. The normalized spacial score (nSPS) is 12.7. The molecule has 0 unspecified atom stereocenters. The minimum Gasteiger partial charge on any atom is -0.458 e. The summed E-state index contributed by atoms with van der Waals surface area (Å²) in [6, 6.07) is -0.778. The van der Waals surface area contributed by atoms with Crippen LogP contribution in [0.25, 0.3) is 0 Å². The van der Waals surface area contributed by atoms with Gasteiger partial charge in [0.15, 0.2) is 0 Å². The molecule has 1 amide bonds. The number of ether oxygens (including phenoxy) is 2. The van der Waals surface area contributed by atoms with E-state index in [4.69, 9.17) is 14.3 Å². The highest BCUT2D eigenvalue weighted by Gasteiger charge is 2.28. The lowest BCUT2D eigenvalue weighted by molar-refractivity contribution is -0.157. The first kappa shape index (κ1) is 26.5. The second kappa shape index (κ2) is 12.6.